The van der Waals surface area contributed by atoms with Crippen molar-refractivity contribution in [1.82, 2.24) is 15.2 Å². The first-order valence-corrected chi connectivity index (χ1v) is 8.06. The summed E-state index contributed by atoms with van der Waals surface area (Å²) in [5.74, 6) is -0.00176. The minimum Gasteiger partial charge on any atom is -0.383 e. The molecular formula is C17H25N3O3. The third-order valence-corrected chi connectivity index (χ3v) is 4.22. The summed E-state index contributed by atoms with van der Waals surface area (Å²) in [5, 5.41) is 2.97. The Balaban J connectivity index is 1.79. The Morgan fingerprint density at radius 1 is 1.52 bits per heavy atom. The van der Waals surface area contributed by atoms with Gasteiger partial charge >= 0.3 is 0 Å². The molecule has 0 spiro atoms. The number of amides is 2. The summed E-state index contributed by atoms with van der Waals surface area (Å²) >= 11 is 0. The Hall–Kier alpha value is -1.95. The van der Waals surface area contributed by atoms with E-state index in [-0.39, 0.29) is 17.7 Å². The monoisotopic (exact) mass is 319 g/mol. The molecule has 2 rings (SSSR count). The van der Waals surface area contributed by atoms with Crippen molar-refractivity contribution in [3.63, 3.8) is 0 Å². The number of pyridine rings is 1. The molecule has 0 saturated carbocycles. The second-order valence-corrected chi connectivity index (χ2v) is 5.88. The number of carbonyl (C=O) groups is 2. The summed E-state index contributed by atoms with van der Waals surface area (Å²) in [7, 11) is 1.61. The van der Waals surface area contributed by atoms with Crippen LogP contribution < -0.4 is 5.32 Å². The maximum Gasteiger partial charge on any atom is 0.224 e. The molecule has 1 atom stereocenters. The first kappa shape index (κ1) is 17.4. The lowest BCUT2D eigenvalue weighted by Gasteiger charge is -2.31. The number of nitrogens with zero attached hydrogens (tertiary/aromatic N) is 2. The van der Waals surface area contributed by atoms with Gasteiger partial charge in [0.2, 0.25) is 11.8 Å². The molecule has 126 valence electrons. The van der Waals surface area contributed by atoms with Crippen LogP contribution in [0.2, 0.25) is 0 Å². The number of methoxy groups -OCH3 is 1. The van der Waals surface area contributed by atoms with E-state index in [4.69, 9.17) is 4.74 Å². The van der Waals surface area contributed by atoms with Crippen molar-refractivity contribution in [2.75, 3.05) is 33.4 Å². The van der Waals surface area contributed by atoms with Crippen LogP contribution >= 0.6 is 0 Å². The van der Waals surface area contributed by atoms with Crippen molar-refractivity contribution in [2.45, 2.75) is 26.2 Å². The van der Waals surface area contributed by atoms with Gasteiger partial charge in [0.05, 0.1) is 12.5 Å². The second-order valence-electron chi connectivity index (χ2n) is 5.88. The highest BCUT2D eigenvalue weighted by Crippen LogP contribution is 2.17. The lowest BCUT2D eigenvalue weighted by Crippen LogP contribution is -2.47. The Kier molecular flexibility index (Phi) is 6.52. The van der Waals surface area contributed by atoms with E-state index >= 15 is 0 Å². The summed E-state index contributed by atoms with van der Waals surface area (Å²) in [6.07, 6.45) is 3.54. The molecule has 0 bridgehead atoms. The molecule has 1 N–H and O–H groups in total. The van der Waals surface area contributed by atoms with Crippen LogP contribution in [0, 0.1) is 12.8 Å². The van der Waals surface area contributed by atoms with Crippen LogP contribution in [0.5, 0.6) is 0 Å². The molecule has 1 aromatic heterocycles. The Bertz CT molecular complexity index is 548. The van der Waals surface area contributed by atoms with Crippen molar-refractivity contribution in [3.8, 4) is 0 Å². The SMILES string of the molecule is COCCN1C[C@H](C(=O)NCCc2ncccc2C)CCC1=O. The van der Waals surface area contributed by atoms with Gasteiger partial charge in [0.25, 0.3) is 0 Å². The molecule has 2 amide bonds. The van der Waals surface area contributed by atoms with Gasteiger partial charge in [-0.1, -0.05) is 6.07 Å². The molecule has 6 heteroatoms. The maximum atomic E-state index is 12.3. The number of aryl methyl sites for hydroxylation is 1. The second kappa shape index (κ2) is 8.62. The third kappa shape index (κ3) is 5.03. The largest absolute Gasteiger partial charge is 0.383 e. The van der Waals surface area contributed by atoms with Gasteiger partial charge in [0.15, 0.2) is 0 Å². The Labute approximate surface area is 137 Å². The van der Waals surface area contributed by atoms with E-state index in [1.54, 1.807) is 18.2 Å². The van der Waals surface area contributed by atoms with Gasteiger partial charge < -0.3 is 15.0 Å². The zero-order valence-electron chi connectivity index (χ0n) is 13.9. The molecule has 0 aromatic carbocycles. The van der Waals surface area contributed by atoms with Crippen molar-refractivity contribution in [3.05, 3.63) is 29.6 Å². The minimum atomic E-state index is -0.130. The van der Waals surface area contributed by atoms with E-state index in [0.717, 1.165) is 17.7 Å². The van der Waals surface area contributed by atoms with Crippen LogP contribution in [0.1, 0.15) is 24.1 Å². The topological polar surface area (TPSA) is 71.5 Å². The van der Waals surface area contributed by atoms with Crippen molar-refractivity contribution < 1.29 is 14.3 Å². The van der Waals surface area contributed by atoms with Crippen molar-refractivity contribution in [1.29, 1.82) is 0 Å². The molecule has 1 saturated heterocycles. The molecule has 1 fully saturated rings. The van der Waals surface area contributed by atoms with Crippen LogP contribution in [-0.4, -0.2) is 55.0 Å². The van der Waals surface area contributed by atoms with Crippen LogP contribution in [0.15, 0.2) is 18.3 Å². The number of nitrogens with one attached hydrogen (secondary N) is 1. The predicted octanol–water partition coefficient (Wildman–Crippen LogP) is 0.934. The number of aromatic nitrogens is 1. The van der Waals surface area contributed by atoms with Gasteiger partial charge in [-0.05, 0) is 25.0 Å². The highest BCUT2D eigenvalue weighted by atomic mass is 16.5. The quantitative estimate of drug-likeness (QED) is 0.812. The fourth-order valence-corrected chi connectivity index (χ4v) is 2.77. The number of carbonyl (C=O) groups excluding carboxylic acids is 2. The fraction of sp³-hybridized carbons (Fsp3) is 0.588. The van der Waals surface area contributed by atoms with E-state index in [2.05, 4.69) is 10.3 Å². The highest BCUT2D eigenvalue weighted by molar-refractivity contribution is 5.83. The smallest absolute Gasteiger partial charge is 0.224 e. The highest BCUT2D eigenvalue weighted by Gasteiger charge is 2.29. The molecule has 1 aliphatic heterocycles. The molecule has 0 aliphatic carbocycles. The predicted molar refractivity (Wildman–Crippen MR) is 86.9 cm³/mol. The van der Waals surface area contributed by atoms with Crippen molar-refractivity contribution >= 4 is 11.8 Å². The average Bonchev–Trinajstić information content (AvgIpc) is 2.55. The summed E-state index contributed by atoms with van der Waals surface area (Å²) < 4.78 is 5.01. The molecular weight excluding hydrogens is 294 g/mol. The van der Waals surface area contributed by atoms with Gasteiger partial charge in [0.1, 0.15) is 0 Å². The third-order valence-electron chi connectivity index (χ3n) is 4.22. The average molecular weight is 319 g/mol. The van der Waals surface area contributed by atoms with Crippen molar-refractivity contribution in [2.24, 2.45) is 5.92 Å². The first-order chi connectivity index (χ1) is 11.1. The van der Waals surface area contributed by atoms with Gasteiger partial charge in [-0.3, -0.25) is 14.6 Å². The van der Waals surface area contributed by atoms with Gasteiger partial charge in [0, 0.05) is 51.5 Å². The zero-order valence-corrected chi connectivity index (χ0v) is 13.9. The van der Waals surface area contributed by atoms with Crippen LogP contribution in [0.25, 0.3) is 0 Å². The number of piperidine rings is 1. The van der Waals surface area contributed by atoms with Crippen LogP contribution in [0.4, 0.5) is 0 Å². The number of ether oxygens (including phenoxy) is 1. The first-order valence-electron chi connectivity index (χ1n) is 8.06. The number of hydrogen-bond donors (Lipinski definition) is 1. The lowest BCUT2D eigenvalue weighted by molar-refractivity contribution is -0.138. The number of hydrogen-bond acceptors (Lipinski definition) is 4. The van der Waals surface area contributed by atoms with E-state index in [1.807, 2.05) is 19.1 Å². The maximum absolute atomic E-state index is 12.3. The Morgan fingerprint density at radius 2 is 2.35 bits per heavy atom. The van der Waals surface area contributed by atoms with E-state index in [9.17, 15) is 9.59 Å². The van der Waals surface area contributed by atoms with E-state index in [0.29, 0.717) is 39.1 Å². The van der Waals surface area contributed by atoms with Gasteiger partial charge in [-0.25, -0.2) is 0 Å². The standard InChI is InChI=1S/C17H25N3O3/c1-13-4-3-8-18-15(13)7-9-19-17(22)14-5-6-16(21)20(12-14)10-11-23-2/h3-4,8,14H,5-7,9-12H2,1-2H3,(H,19,22)/t14-/m1/s1. The Morgan fingerprint density at radius 3 is 3.09 bits per heavy atom. The van der Waals surface area contributed by atoms with Crippen LogP contribution in [-0.2, 0) is 20.7 Å². The molecule has 1 aliphatic rings. The van der Waals surface area contributed by atoms with E-state index < -0.39 is 0 Å². The summed E-state index contributed by atoms with van der Waals surface area (Å²) in [5.41, 5.74) is 2.14. The summed E-state index contributed by atoms with van der Waals surface area (Å²) in [4.78, 5) is 30.2. The van der Waals surface area contributed by atoms with Gasteiger partial charge in [-0.15, -0.1) is 0 Å². The van der Waals surface area contributed by atoms with Gasteiger partial charge in [-0.2, -0.15) is 0 Å². The van der Waals surface area contributed by atoms with E-state index in [1.165, 1.54) is 0 Å². The molecule has 2 heterocycles. The lowest BCUT2D eigenvalue weighted by atomic mass is 9.96. The van der Waals surface area contributed by atoms with Crippen LogP contribution in [0.3, 0.4) is 0 Å². The zero-order chi connectivity index (χ0) is 16.7. The normalized spacial score (nSPS) is 18.1. The number of likely N-dealkylation sites (tertiary alicyclic amines) is 1. The molecule has 6 nitrogen and oxygen atoms in total. The number of rotatable bonds is 7. The molecule has 23 heavy (non-hydrogen) atoms. The minimum absolute atomic E-state index is 0.0218. The summed E-state index contributed by atoms with van der Waals surface area (Å²) in [6.45, 7) is 4.12. The molecule has 0 unspecified atom stereocenters. The molecule has 1 aromatic rings. The fourth-order valence-electron chi connectivity index (χ4n) is 2.77. The summed E-state index contributed by atoms with van der Waals surface area (Å²) in [6, 6.07) is 3.93. The molecule has 0 radical (unpaired) electrons.